The lowest BCUT2D eigenvalue weighted by Gasteiger charge is -2.33. The van der Waals surface area contributed by atoms with Crippen molar-refractivity contribution in [2.45, 2.75) is 39.0 Å². The van der Waals surface area contributed by atoms with Crippen molar-refractivity contribution in [2.24, 2.45) is 11.8 Å². The van der Waals surface area contributed by atoms with Crippen molar-refractivity contribution < 1.29 is 9.53 Å². The molecule has 0 spiro atoms. The number of ketones is 1. The molecule has 21 heavy (non-hydrogen) atoms. The average molecular weight is 287 g/mol. The van der Waals surface area contributed by atoms with Gasteiger partial charge in [-0.2, -0.15) is 0 Å². The molecule has 2 aliphatic rings. The van der Waals surface area contributed by atoms with E-state index < -0.39 is 0 Å². The Kier molecular flexibility index (Phi) is 4.47. The smallest absolute Gasteiger partial charge is 0.142 e. The minimum Gasteiger partial charge on any atom is -0.491 e. The number of fused-ring (bicyclic) bond motifs is 1. The second-order valence-corrected chi connectivity index (χ2v) is 6.33. The lowest BCUT2D eigenvalue weighted by atomic mass is 9.79. The Hall–Kier alpha value is -1.51. The molecule has 0 saturated heterocycles. The van der Waals surface area contributed by atoms with Gasteiger partial charge in [-0.15, -0.1) is 0 Å². The van der Waals surface area contributed by atoms with Crippen molar-refractivity contribution in [3.8, 4) is 5.75 Å². The summed E-state index contributed by atoms with van der Waals surface area (Å²) in [4.78, 5) is 14.6. The number of carbonyl (C=O) groups is 1. The molecule has 1 aliphatic carbocycles. The first-order valence-corrected chi connectivity index (χ1v) is 8.27. The second kappa shape index (κ2) is 6.50. The number of para-hydroxylation sites is 2. The first-order chi connectivity index (χ1) is 10.3. The SMILES string of the molecule is CCC1CCC(=O)C(CN2CCCOc3ccccc32)C1. The van der Waals surface area contributed by atoms with Gasteiger partial charge in [-0.05, 0) is 37.3 Å². The van der Waals surface area contributed by atoms with Crippen LogP contribution in [0.25, 0.3) is 0 Å². The van der Waals surface area contributed by atoms with Crippen molar-refractivity contribution in [1.82, 2.24) is 0 Å². The van der Waals surface area contributed by atoms with E-state index in [1.807, 2.05) is 12.1 Å². The first-order valence-electron chi connectivity index (χ1n) is 8.27. The van der Waals surface area contributed by atoms with Gasteiger partial charge in [-0.3, -0.25) is 4.79 Å². The molecule has 1 heterocycles. The molecule has 0 aromatic heterocycles. The van der Waals surface area contributed by atoms with Crippen molar-refractivity contribution in [3.05, 3.63) is 24.3 Å². The van der Waals surface area contributed by atoms with Crippen LogP contribution in [0.1, 0.15) is 39.0 Å². The molecule has 3 heteroatoms. The number of ether oxygens (including phenoxy) is 1. The van der Waals surface area contributed by atoms with E-state index in [4.69, 9.17) is 4.74 Å². The van der Waals surface area contributed by atoms with Gasteiger partial charge in [0.1, 0.15) is 11.5 Å². The van der Waals surface area contributed by atoms with Gasteiger partial charge in [0.25, 0.3) is 0 Å². The Bertz CT molecular complexity index is 500. The van der Waals surface area contributed by atoms with Crippen molar-refractivity contribution in [3.63, 3.8) is 0 Å². The molecule has 0 bridgehead atoms. The maximum Gasteiger partial charge on any atom is 0.142 e. The molecule has 3 nitrogen and oxygen atoms in total. The highest BCUT2D eigenvalue weighted by Crippen LogP contribution is 2.34. The van der Waals surface area contributed by atoms with E-state index in [1.165, 1.54) is 6.42 Å². The summed E-state index contributed by atoms with van der Waals surface area (Å²) in [5, 5.41) is 0. The standard InChI is InChI=1S/C18H25NO2/c1-2-14-8-9-17(20)15(12-14)13-19-10-5-11-21-18-7-4-3-6-16(18)19/h3-4,6-7,14-15H,2,5,8-13H2,1H3. The normalized spacial score (nSPS) is 26.0. The third-order valence-electron chi connectivity index (χ3n) is 4.93. The van der Waals surface area contributed by atoms with Crippen LogP contribution in [0, 0.1) is 11.8 Å². The lowest BCUT2D eigenvalue weighted by Crippen LogP contribution is -2.37. The number of carbonyl (C=O) groups excluding carboxylic acids is 1. The number of Topliss-reactive ketones (excluding diaryl/α,β-unsaturated/α-hetero) is 1. The maximum absolute atomic E-state index is 12.3. The number of anilines is 1. The zero-order valence-electron chi connectivity index (χ0n) is 12.9. The Labute approximate surface area is 127 Å². The first kappa shape index (κ1) is 14.4. The molecule has 2 atom stereocenters. The predicted octanol–water partition coefficient (Wildman–Crippen LogP) is 3.67. The average Bonchev–Trinajstić information content (AvgIpc) is 2.72. The largest absolute Gasteiger partial charge is 0.491 e. The summed E-state index contributed by atoms with van der Waals surface area (Å²) >= 11 is 0. The van der Waals surface area contributed by atoms with Gasteiger partial charge in [0.15, 0.2) is 0 Å². The molecule has 3 rings (SSSR count). The van der Waals surface area contributed by atoms with Gasteiger partial charge >= 0.3 is 0 Å². The van der Waals surface area contributed by atoms with E-state index in [-0.39, 0.29) is 5.92 Å². The zero-order valence-corrected chi connectivity index (χ0v) is 12.9. The third kappa shape index (κ3) is 3.22. The van der Waals surface area contributed by atoms with Crippen LogP contribution >= 0.6 is 0 Å². The fraction of sp³-hybridized carbons (Fsp3) is 0.611. The summed E-state index contributed by atoms with van der Waals surface area (Å²) in [5.74, 6) is 2.36. The van der Waals surface area contributed by atoms with Crippen LogP contribution in [-0.4, -0.2) is 25.5 Å². The molecule has 0 N–H and O–H groups in total. The van der Waals surface area contributed by atoms with Crippen molar-refractivity contribution in [2.75, 3.05) is 24.6 Å². The van der Waals surface area contributed by atoms with E-state index in [2.05, 4.69) is 24.0 Å². The van der Waals surface area contributed by atoms with Gasteiger partial charge in [0, 0.05) is 25.4 Å². The Balaban J connectivity index is 1.76. The van der Waals surface area contributed by atoms with Gasteiger partial charge in [0.2, 0.25) is 0 Å². The minimum atomic E-state index is 0.204. The van der Waals surface area contributed by atoms with E-state index in [0.29, 0.717) is 5.78 Å². The Morgan fingerprint density at radius 2 is 2.19 bits per heavy atom. The highest BCUT2D eigenvalue weighted by atomic mass is 16.5. The molecule has 114 valence electrons. The topological polar surface area (TPSA) is 29.5 Å². The second-order valence-electron chi connectivity index (χ2n) is 6.33. The fourth-order valence-electron chi connectivity index (χ4n) is 3.60. The van der Waals surface area contributed by atoms with Crippen LogP contribution in [0.15, 0.2) is 24.3 Å². The summed E-state index contributed by atoms with van der Waals surface area (Å²) in [6, 6.07) is 8.22. The maximum atomic E-state index is 12.3. The molecular formula is C18H25NO2. The summed E-state index contributed by atoms with van der Waals surface area (Å²) < 4.78 is 5.81. The van der Waals surface area contributed by atoms with Crippen LogP contribution in [-0.2, 0) is 4.79 Å². The quantitative estimate of drug-likeness (QED) is 0.849. The highest BCUT2D eigenvalue weighted by Gasteiger charge is 2.30. The summed E-state index contributed by atoms with van der Waals surface area (Å²) in [6.45, 7) is 4.85. The summed E-state index contributed by atoms with van der Waals surface area (Å²) in [5.41, 5.74) is 1.15. The lowest BCUT2D eigenvalue weighted by molar-refractivity contribution is -0.125. The van der Waals surface area contributed by atoms with Gasteiger partial charge in [-0.25, -0.2) is 0 Å². The van der Waals surface area contributed by atoms with Gasteiger partial charge < -0.3 is 9.64 Å². The van der Waals surface area contributed by atoms with Crippen LogP contribution in [0.5, 0.6) is 5.75 Å². The van der Waals surface area contributed by atoms with Gasteiger partial charge in [-0.1, -0.05) is 25.5 Å². The number of nitrogens with zero attached hydrogens (tertiary/aromatic N) is 1. The van der Waals surface area contributed by atoms with E-state index in [1.54, 1.807) is 0 Å². The molecular weight excluding hydrogens is 262 g/mol. The summed E-state index contributed by atoms with van der Waals surface area (Å²) in [6.07, 6.45) is 5.14. The summed E-state index contributed by atoms with van der Waals surface area (Å²) in [7, 11) is 0. The van der Waals surface area contributed by atoms with Crippen LogP contribution in [0.4, 0.5) is 5.69 Å². The third-order valence-corrected chi connectivity index (χ3v) is 4.93. The van der Waals surface area contributed by atoms with Crippen LogP contribution < -0.4 is 9.64 Å². The minimum absolute atomic E-state index is 0.204. The predicted molar refractivity (Wildman–Crippen MR) is 84.9 cm³/mol. The van der Waals surface area contributed by atoms with Crippen LogP contribution in [0.3, 0.4) is 0 Å². The monoisotopic (exact) mass is 287 g/mol. The molecule has 1 fully saturated rings. The molecule has 1 aromatic rings. The number of benzene rings is 1. The molecule has 1 aliphatic heterocycles. The number of rotatable bonds is 3. The molecule has 1 aromatic carbocycles. The van der Waals surface area contributed by atoms with Crippen LogP contribution in [0.2, 0.25) is 0 Å². The highest BCUT2D eigenvalue weighted by molar-refractivity contribution is 5.82. The number of hydrogen-bond acceptors (Lipinski definition) is 3. The molecule has 0 radical (unpaired) electrons. The van der Waals surface area contributed by atoms with Gasteiger partial charge in [0.05, 0.1) is 12.3 Å². The number of hydrogen-bond donors (Lipinski definition) is 0. The van der Waals surface area contributed by atoms with E-state index in [0.717, 1.165) is 62.7 Å². The van der Waals surface area contributed by atoms with Crippen molar-refractivity contribution in [1.29, 1.82) is 0 Å². The molecule has 1 saturated carbocycles. The zero-order chi connectivity index (χ0) is 14.7. The Morgan fingerprint density at radius 1 is 1.33 bits per heavy atom. The molecule has 2 unspecified atom stereocenters. The van der Waals surface area contributed by atoms with Crippen molar-refractivity contribution >= 4 is 11.5 Å². The van der Waals surface area contributed by atoms with E-state index >= 15 is 0 Å². The fourth-order valence-corrected chi connectivity index (χ4v) is 3.60. The molecule has 0 amide bonds. The Morgan fingerprint density at radius 3 is 3.05 bits per heavy atom. The van der Waals surface area contributed by atoms with E-state index in [9.17, 15) is 4.79 Å².